The zero-order chi connectivity index (χ0) is 29.1. The van der Waals surface area contributed by atoms with Gasteiger partial charge in [0.15, 0.2) is 5.65 Å². The van der Waals surface area contributed by atoms with Crippen LogP contribution in [0, 0.1) is 6.92 Å². The third-order valence-corrected chi connectivity index (χ3v) is 11.4. The van der Waals surface area contributed by atoms with E-state index in [1.165, 1.54) is 73.6 Å². The van der Waals surface area contributed by atoms with Crippen molar-refractivity contribution in [2.75, 3.05) is 0 Å². The Bertz CT molecular complexity index is 2860. The molecule has 0 aliphatic rings. The predicted octanol–water partition coefficient (Wildman–Crippen LogP) is 11.5. The van der Waals surface area contributed by atoms with Crippen LogP contribution in [-0.2, 0) is 0 Å². The first-order chi connectivity index (χ1) is 21.7. The number of para-hydroxylation sites is 2. The van der Waals surface area contributed by atoms with Crippen LogP contribution in [0.1, 0.15) is 10.4 Å². The number of nitrogens with zero attached hydrogens (tertiary/aromatic N) is 3. The quantitative estimate of drug-likeness (QED) is 0.190. The van der Waals surface area contributed by atoms with E-state index in [-0.39, 0.29) is 0 Å². The number of aryl methyl sites for hydroxylation is 1. The molecule has 3 nitrogen and oxygen atoms in total. The van der Waals surface area contributed by atoms with Gasteiger partial charge in [-0.1, -0.05) is 79.4 Å². The average molecular weight is 598 g/mol. The lowest BCUT2D eigenvalue weighted by atomic mass is 9.99. The lowest BCUT2D eigenvalue weighted by Crippen LogP contribution is -1.89. The second kappa shape index (κ2) is 8.73. The maximum absolute atomic E-state index is 5.21. The largest absolute Gasteiger partial charge is 0.291 e. The first kappa shape index (κ1) is 24.4. The molecule has 5 heterocycles. The fraction of sp³-hybridized carbons (Fsp3) is 0.0256. The van der Waals surface area contributed by atoms with Crippen LogP contribution in [0.25, 0.3) is 96.9 Å². The monoisotopic (exact) mass is 597 g/mol. The second-order valence-corrected chi connectivity index (χ2v) is 13.7. The van der Waals surface area contributed by atoms with Crippen LogP contribution in [0.4, 0.5) is 0 Å². The summed E-state index contributed by atoms with van der Waals surface area (Å²) in [6.45, 7) is 6.08. The Kier molecular flexibility index (Phi) is 4.83. The summed E-state index contributed by atoms with van der Waals surface area (Å²) < 4.78 is 6.31. The lowest BCUT2D eigenvalue weighted by molar-refractivity contribution is 1.28. The maximum atomic E-state index is 5.21. The molecule has 0 bridgehead atoms. The molecule has 10 rings (SSSR count). The molecule has 0 saturated heterocycles. The first-order valence-corrected chi connectivity index (χ1v) is 16.3. The third kappa shape index (κ3) is 3.10. The van der Waals surface area contributed by atoms with E-state index in [0.717, 1.165) is 27.6 Å². The molecule has 0 amide bonds. The predicted molar refractivity (Wildman–Crippen MR) is 192 cm³/mol. The number of allylic oxidation sites excluding steroid dienone is 2. The van der Waals surface area contributed by atoms with Crippen molar-refractivity contribution < 1.29 is 0 Å². The minimum absolute atomic E-state index is 0.916. The molecule has 0 fully saturated rings. The topological polar surface area (TPSA) is 30.2 Å². The molecule has 0 aliphatic heterocycles. The van der Waals surface area contributed by atoms with Gasteiger partial charge >= 0.3 is 0 Å². The van der Waals surface area contributed by atoms with Crippen molar-refractivity contribution in [1.82, 2.24) is 14.4 Å². The summed E-state index contributed by atoms with van der Waals surface area (Å²) in [5.74, 6) is 0. The van der Waals surface area contributed by atoms with Crippen molar-refractivity contribution in [3.05, 3.63) is 120 Å². The zero-order valence-electron chi connectivity index (χ0n) is 23.8. The highest BCUT2D eigenvalue weighted by molar-refractivity contribution is 7.26. The first-order valence-electron chi connectivity index (χ1n) is 14.7. The summed E-state index contributed by atoms with van der Waals surface area (Å²) in [6.07, 6.45) is 6.04. The number of hydrogen-bond donors (Lipinski definition) is 0. The Morgan fingerprint density at radius 3 is 2.43 bits per heavy atom. The van der Waals surface area contributed by atoms with Gasteiger partial charge in [0.1, 0.15) is 5.52 Å². The summed E-state index contributed by atoms with van der Waals surface area (Å²) in [4.78, 5) is 11.7. The van der Waals surface area contributed by atoms with Crippen LogP contribution >= 0.6 is 22.7 Å². The van der Waals surface area contributed by atoms with Crippen LogP contribution in [0.2, 0.25) is 0 Å². The van der Waals surface area contributed by atoms with Crippen molar-refractivity contribution in [3.8, 4) is 11.1 Å². The van der Waals surface area contributed by atoms with Gasteiger partial charge in [0.2, 0.25) is 0 Å². The smallest absolute Gasteiger partial charge is 0.165 e. The van der Waals surface area contributed by atoms with Gasteiger partial charge in [0, 0.05) is 51.3 Å². The molecule has 0 saturated carbocycles. The normalized spacial score (nSPS) is 12.7. The number of fused-ring (bicyclic) bond motifs is 12. The highest BCUT2D eigenvalue weighted by Gasteiger charge is 2.24. The molecule has 206 valence electrons. The van der Waals surface area contributed by atoms with E-state index in [4.69, 9.17) is 9.97 Å². The number of hydrogen-bond acceptors (Lipinski definition) is 4. The average Bonchev–Trinajstić information content (AvgIpc) is 3.78. The standard InChI is InChI=1S/C39H23N3S2/c1-3-4-10-23-21(2)43-37-24(12-9-13-26(23)37)22-17-18-32-28(19-22)34-36-29(20-27-25-11-5-8-16-33(25)44-38(27)34)35-39(42(32)36)41-31-15-7-6-14-30(31)40-35/h3-20H,1H2,2H3/b10-4-. The Labute approximate surface area is 260 Å². The number of thiophene rings is 2. The van der Waals surface area contributed by atoms with Crippen LogP contribution in [0.3, 0.4) is 0 Å². The minimum Gasteiger partial charge on any atom is -0.291 e. The summed E-state index contributed by atoms with van der Waals surface area (Å²) in [5.41, 5.74) is 9.88. The zero-order valence-corrected chi connectivity index (χ0v) is 25.4. The van der Waals surface area contributed by atoms with Gasteiger partial charge in [0.05, 0.1) is 22.1 Å². The van der Waals surface area contributed by atoms with E-state index in [2.05, 4.69) is 103 Å². The van der Waals surface area contributed by atoms with E-state index < -0.39 is 0 Å². The van der Waals surface area contributed by atoms with Gasteiger partial charge in [0.25, 0.3) is 0 Å². The molecule has 44 heavy (non-hydrogen) atoms. The fourth-order valence-electron chi connectivity index (χ4n) is 7.13. The van der Waals surface area contributed by atoms with Gasteiger partial charge < -0.3 is 0 Å². The maximum Gasteiger partial charge on any atom is 0.165 e. The molecular formula is C39H23N3S2. The van der Waals surface area contributed by atoms with Crippen LogP contribution < -0.4 is 0 Å². The minimum atomic E-state index is 0.916. The van der Waals surface area contributed by atoms with Gasteiger partial charge in [-0.25, -0.2) is 9.97 Å². The Hall–Kier alpha value is -5.10. The van der Waals surface area contributed by atoms with Gasteiger partial charge in [-0.05, 0) is 60.0 Å². The third-order valence-electron chi connectivity index (χ3n) is 9.04. The molecule has 0 unspecified atom stereocenters. The van der Waals surface area contributed by atoms with Gasteiger partial charge in [-0.3, -0.25) is 4.40 Å². The Morgan fingerprint density at radius 2 is 1.55 bits per heavy atom. The number of rotatable bonds is 3. The number of benzene rings is 5. The van der Waals surface area contributed by atoms with Crippen LogP contribution in [0.5, 0.6) is 0 Å². The Balaban J connectivity index is 1.37. The molecule has 5 aromatic carbocycles. The van der Waals surface area contributed by atoms with E-state index >= 15 is 0 Å². The van der Waals surface area contributed by atoms with Crippen molar-refractivity contribution in [3.63, 3.8) is 0 Å². The highest BCUT2D eigenvalue weighted by Crippen LogP contribution is 2.48. The Morgan fingerprint density at radius 1 is 0.727 bits per heavy atom. The molecule has 5 heteroatoms. The molecule has 5 aromatic heterocycles. The van der Waals surface area contributed by atoms with Gasteiger partial charge in [-0.2, -0.15) is 0 Å². The SMILES string of the molecule is C=C/C=C\c1c(C)sc2c(-c3ccc4c(c3)c3c5sc6ccccc6c5cc5c6nc7ccccc7nc6n4c53)cccc12. The molecular weight excluding hydrogens is 575 g/mol. The van der Waals surface area contributed by atoms with Gasteiger partial charge in [-0.15, -0.1) is 22.7 Å². The lowest BCUT2D eigenvalue weighted by Gasteiger charge is -2.06. The van der Waals surface area contributed by atoms with E-state index in [1.807, 2.05) is 47.0 Å². The second-order valence-electron chi connectivity index (χ2n) is 11.4. The van der Waals surface area contributed by atoms with Crippen molar-refractivity contribution in [1.29, 1.82) is 0 Å². The molecule has 0 N–H and O–H groups in total. The van der Waals surface area contributed by atoms with Crippen molar-refractivity contribution in [2.45, 2.75) is 6.92 Å². The van der Waals surface area contributed by atoms with E-state index in [0.29, 0.717) is 0 Å². The number of aromatic nitrogens is 3. The molecule has 10 aromatic rings. The highest BCUT2D eigenvalue weighted by atomic mass is 32.1. The van der Waals surface area contributed by atoms with Crippen molar-refractivity contribution >= 4 is 108 Å². The summed E-state index contributed by atoms with van der Waals surface area (Å²) in [7, 11) is 0. The summed E-state index contributed by atoms with van der Waals surface area (Å²) in [6, 6.07) is 33.0. The molecule has 0 spiro atoms. The summed E-state index contributed by atoms with van der Waals surface area (Å²) >= 11 is 3.76. The molecule has 0 aliphatic carbocycles. The fourth-order valence-corrected chi connectivity index (χ4v) is 9.55. The van der Waals surface area contributed by atoms with E-state index in [9.17, 15) is 0 Å². The van der Waals surface area contributed by atoms with Crippen LogP contribution in [-0.4, -0.2) is 14.4 Å². The van der Waals surface area contributed by atoms with Crippen molar-refractivity contribution in [2.24, 2.45) is 0 Å². The van der Waals surface area contributed by atoms with Crippen LogP contribution in [0.15, 0.2) is 110 Å². The molecule has 0 radical (unpaired) electrons. The van der Waals surface area contributed by atoms with E-state index in [1.54, 1.807) is 0 Å². The summed E-state index contributed by atoms with van der Waals surface area (Å²) in [5, 5.41) is 7.59. The molecule has 0 atom stereocenters.